The molecule has 0 amide bonds. The first-order valence-corrected chi connectivity index (χ1v) is 6.76. The fraction of sp³-hybridized carbons (Fsp3) is 0.636. The van der Waals surface area contributed by atoms with Crippen LogP contribution in [0, 0.1) is 0 Å². The molecule has 2 rings (SSSR count). The summed E-state index contributed by atoms with van der Waals surface area (Å²) in [5, 5.41) is 1.19. The maximum Gasteiger partial charge on any atom is 0.187 e. The summed E-state index contributed by atoms with van der Waals surface area (Å²) in [7, 11) is 2.04. The van der Waals surface area contributed by atoms with Crippen molar-refractivity contribution in [3.63, 3.8) is 0 Å². The minimum absolute atomic E-state index is 0.331. The standard InChI is InChI=1S/C11H15ClN2OS/c1-14(8-5-3-2-4-6-8)11-13-10(12)9(7-15)16-11/h7-8H,2-6H2,1H3. The van der Waals surface area contributed by atoms with E-state index < -0.39 is 0 Å². The molecule has 0 saturated heterocycles. The van der Waals surface area contributed by atoms with Gasteiger partial charge in [-0.15, -0.1) is 0 Å². The first-order chi connectivity index (χ1) is 7.72. The van der Waals surface area contributed by atoms with E-state index in [0.717, 1.165) is 11.4 Å². The van der Waals surface area contributed by atoms with Crippen LogP contribution in [0.25, 0.3) is 0 Å². The van der Waals surface area contributed by atoms with Crippen LogP contribution in [0.3, 0.4) is 0 Å². The molecule has 1 heterocycles. The van der Waals surface area contributed by atoms with Gasteiger partial charge in [-0.1, -0.05) is 42.2 Å². The van der Waals surface area contributed by atoms with Crippen molar-refractivity contribution in [2.75, 3.05) is 11.9 Å². The highest BCUT2D eigenvalue weighted by molar-refractivity contribution is 7.17. The average molecular weight is 259 g/mol. The van der Waals surface area contributed by atoms with Crippen molar-refractivity contribution in [3.05, 3.63) is 10.0 Å². The summed E-state index contributed by atoms with van der Waals surface area (Å²) in [6.07, 6.45) is 7.11. The van der Waals surface area contributed by atoms with Crippen molar-refractivity contribution in [2.24, 2.45) is 0 Å². The number of carbonyl (C=O) groups is 1. The minimum atomic E-state index is 0.331. The Kier molecular flexibility index (Phi) is 3.82. The van der Waals surface area contributed by atoms with Crippen LogP contribution in [0.1, 0.15) is 41.8 Å². The van der Waals surface area contributed by atoms with Crippen LogP contribution in [0.15, 0.2) is 0 Å². The highest BCUT2D eigenvalue weighted by atomic mass is 35.5. The number of hydrogen-bond donors (Lipinski definition) is 0. The first kappa shape index (κ1) is 11.9. The van der Waals surface area contributed by atoms with Gasteiger partial charge >= 0.3 is 0 Å². The summed E-state index contributed by atoms with van der Waals surface area (Å²) in [6, 6.07) is 0.551. The summed E-state index contributed by atoms with van der Waals surface area (Å²) in [5.41, 5.74) is 0. The van der Waals surface area contributed by atoms with Gasteiger partial charge in [-0.2, -0.15) is 0 Å². The number of halogens is 1. The Balaban J connectivity index is 2.12. The molecule has 1 fully saturated rings. The lowest BCUT2D eigenvalue weighted by atomic mass is 9.95. The summed E-state index contributed by atoms with van der Waals surface area (Å²) in [5.74, 6) is 0. The number of aldehydes is 1. The number of thiazole rings is 1. The molecule has 1 aliphatic rings. The largest absolute Gasteiger partial charge is 0.348 e. The third kappa shape index (κ3) is 2.38. The van der Waals surface area contributed by atoms with Crippen molar-refractivity contribution >= 4 is 34.4 Å². The minimum Gasteiger partial charge on any atom is -0.348 e. The number of nitrogens with zero attached hydrogens (tertiary/aromatic N) is 2. The molecule has 1 aromatic rings. The van der Waals surface area contributed by atoms with Crippen molar-refractivity contribution < 1.29 is 4.79 Å². The molecule has 1 aliphatic carbocycles. The second-order valence-electron chi connectivity index (χ2n) is 4.17. The molecular weight excluding hydrogens is 244 g/mol. The van der Waals surface area contributed by atoms with E-state index in [4.69, 9.17) is 11.6 Å². The Bertz CT molecular complexity index is 374. The maximum atomic E-state index is 10.7. The number of aromatic nitrogens is 1. The van der Waals surface area contributed by atoms with Gasteiger partial charge in [-0.3, -0.25) is 4.79 Å². The molecule has 3 nitrogen and oxygen atoms in total. The monoisotopic (exact) mass is 258 g/mol. The second-order valence-corrected chi connectivity index (χ2v) is 5.54. The average Bonchev–Trinajstić information content (AvgIpc) is 2.71. The Morgan fingerprint density at radius 3 is 2.69 bits per heavy atom. The molecule has 0 atom stereocenters. The first-order valence-electron chi connectivity index (χ1n) is 5.56. The fourth-order valence-corrected chi connectivity index (χ4v) is 3.25. The van der Waals surface area contributed by atoms with Crippen LogP contribution in [0.2, 0.25) is 5.15 Å². The zero-order valence-corrected chi connectivity index (χ0v) is 10.9. The highest BCUT2D eigenvalue weighted by Gasteiger charge is 2.21. The van der Waals surface area contributed by atoms with Crippen LogP contribution < -0.4 is 4.90 Å². The molecule has 0 spiro atoms. The van der Waals surface area contributed by atoms with Gasteiger partial charge in [0.25, 0.3) is 0 Å². The van der Waals surface area contributed by atoms with Gasteiger partial charge in [-0.05, 0) is 12.8 Å². The number of hydrogen-bond acceptors (Lipinski definition) is 4. The Morgan fingerprint density at radius 2 is 2.12 bits per heavy atom. The number of carbonyl (C=O) groups excluding carboxylic acids is 1. The Labute approximate surface area is 104 Å². The zero-order chi connectivity index (χ0) is 11.5. The predicted octanol–water partition coefficient (Wildman–Crippen LogP) is 3.38. The lowest BCUT2D eigenvalue weighted by Crippen LogP contribution is -2.33. The van der Waals surface area contributed by atoms with E-state index in [-0.39, 0.29) is 0 Å². The van der Waals surface area contributed by atoms with Crippen LogP contribution in [-0.4, -0.2) is 24.4 Å². The highest BCUT2D eigenvalue weighted by Crippen LogP contribution is 2.32. The molecular formula is C11H15ClN2OS. The topological polar surface area (TPSA) is 33.2 Å². The Hall–Kier alpha value is -0.610. The third-order valence-corrected chi connectivity index (χ3v) is 4.60. The summed E-state index contributed by atoms with van der Waals surface area (Å²) in [4.78, 5) is 17.6. The maximum absolute atomic E-state index is 10.7. The van der Waals surface area contributed by atoms with Gasteiger partial charge in [0.1, 0.15) is 4.88 Å². The van der Waals surface area contributed by atoms with E-state index in [1.165, 1.54) is 43.4 Å². The van der Waals surface area contributed by atoms with E-state index in [9.17, 15) is 4.79 Å². The van der Waals surface area contributed by atoms with Crippen molar-refractivity contribution in [1.82, 2.24) is 4.98 Å². The zero-order valence-electron chi connectivity index (χ0n) is 9.28. The molecule has 1 aromatic heterocycles. The van der Waals surface area contributed by atoms with E-state index in [0.29, 0.717) is 16.1 Å². The van der Waals surface area contributed by atoms with Crippen molar-refractivity contribution in [1.29, 1.82) is 0 Å². The molecule has 0 aliphatic heterocycles. The van der Waals surface area contributed by atoms with Gasteiger partial charge in [0.2, 0.25) is 0 Å². The number of rotatable bonds is 3. The molecule has 0 aromatic carbocycles. The van der Waals surface area contributed by atoms with Gasteiger partial charge in [-0.25, -0.2) is 4.98 Å². The van der Waals surface area contributed by atoms with Crippen LogP contribution in [0.5, 0.6) is 0 Å². The second kappa shape index (κ2) is 5.15. The fourth-order valence-electron chi connectivity index (χ4n) is 2.15. The van der Waals surface area contributed by atoms with E-state index in [1.807, 2.05) is 7.05 Å². The smallest absolute Gasteiger partial charge is 0.187 e. The van der Waals surface area contributed by atoms with Crippen molar-refractivity contribution in [3.8, 4) is 0 Å². The lowest BCUT2D eigenvalue weighted by Gasteiger charge is -2.30. The van der Waals surface area contributed by atoms with E-state index in [1.54, 1.807) is 0 Å². The van der Waals surface area contributed by atoms with Crippen molar-refractivity contribution in [2.45, 2.75) is 38.1 Å². The Morgan fingerprint density at radius 1 is 1.44 bits per heavy atom. The van der Waals surface area contributed by atoms with Gasteiger partial charge in [0, 0.05) is 13.1 Å². The van der Waals surface area contributed by atoms with Gasteiger partial charge < -0.3 is 4.90 Å². The molecule has 1 saturated carbocycles. The van der Waals surface area contributed by atoms with E-state index in [2.05, 4.69) is 9.88 Å². The molecule has 0 unspecified atom stereocenters. The van der Waals surface area contributed by atoms with Gasteiger partial charge in [0.15, 0.2) is 16.6 Å². The lowest BCUT2D eigenvalue weighted by molar-refractivity contribution is 0.112. The molecule has 5 heteroatoms. The molecule has 0 N–H and O–H groups in total. The SMILES string of the molecule is CN(c1nc(Cl)c(C=O)s1)C1CCCCC1. The normalized spacial score (nSPS) is 17.4. The molecule has 88 valence electrons. The quantitative estimate of drug-likeness (QED) is 0.780. The predicted molar refractivity (Wildman–Crippen MR) is 67.8 cm³/mol. The summed E-state index contributed by atoms with van der Waals surface area (Å²) in [6.45, 7) is 0. The molecule has 16 heavy (non-hydrogen) atoms. The van der Waals surface area contributed by atoms with Crippen LogP contribution >= 0.6 is 22.9 Å². The third-order valence-electron chi connectivity index (χ3n) is 3.13. The summed E-state index contributed by atoms with van der Waals surface area (Å²) >= 11 is 7.25. The van der Waals surface area contributed by atoms with Crippen LogP contribution in [-0.2, 0) is 0 Å². The summed E-state index contributed by atoms with van der Waals surface area (Å²) < 4.78 is 0. The molecule has 0 radical (unpaired) electrons. The molecule has 0 bridgehead atoms. The van der Waals surface area contributed by atoms with Crippen LogP contribution in [0.4, 0.5) is 5.13 Å². The van der Waals surface area contributed by atoms with E-state index >= 15 is 0 Å². The number of anilines is 1. The van der Waals surface area contributed by atoms with Gasteiger partial charge in [0.05, 0.1) is 0 Å².